The van der Waals surface area contributed by atoms with E-state index in [0.29, 0.717) is 13.0 Å². The fourth-order valence-electron chi connectivity index (χ4n) is 3.79. The molecule has 1 aromatic heterocycles. The van der Waals surface area contributed by atoms with Gasteiger partial charge in [0.2, 0.25) is 5.91 Å². The highest BCUT2D eigenvalue weighted by Crippen LogP contribution is 2.17. The summed E-state index contributed by atoms with van der Waals surface area (Å²) in [5.41, 5.74) is 7.84. The Labute approximate surface area is 187 Å². The molecule has 0 radical (unpaired) electrons. The van der Waals surface area contributed by atoms with E-state index in [1.54, 1.807) is 12.3 Å². The Morgan fingerprint density at radius 2 is 1.69 bits per heavy atom. The molecule has 2 aromatic carbocycles. The van der Waals surface area contributed by atoms with Gasteiger partial charge in [0, 0.05) is 68.1 Å². The Kier molecular flexibility index (Phi) is 7.09. The third-order valence-corrected chi connectivity index (χ3v) is 5.55. The SMILES string of the molecule is O=C(/C=C/c1cccc2cccnc12)NNC(=O)CCN1CCN(c2ccccc2)CC1. The lowest BCUT2D eigenvalue weighted by molar-refractivity contribution is -0.127. The van der Waals surface area contributed by atoms with Gasteiger partial charge in [0.15, 0.2) is 0 Å². The minimum absolute atomic E-state index is 0.205. The average Bonchev–Trinajstić information content (AvgIpc) is 2.85. The van der Waals surface area contributed by atoms with Crippen molar-refractivity contribution in [3.63, 3.8) is 0 Å². The fourth-order valence-corrected chi connectivity index (χ4v) is 3.79. The second kappa shape index (κ2) is 10.5. The van der Waals surface area contributed by atoms with Gasteiger partial charge in [-0.1, -0.05) is 42.5 Å². The van der Waals surface area contributed by atoms with Crippen LogP contribution in [0.3, 0.4) is 0 Å². The lowest BCUT2D eigenvalue weighted by Gasteiger charge is -2.36. The van der Waals surface area contributed by atoms with E-state index in [0.717, 1.165) is 42.6 Å². The summed E-state index contributed by atoms with van der Waals surface area (Å²) in [5.74, 6) is -0.591. The molecule has 0 unspecified atom stereocenters. The maximum Gasteiger partial charge on any atom is 0.262 e. The number of hydrogen-bond donors (Lipinski definition) is 2. The Morgan fingerprint density at radius 3 is 2.50 bits per heavy atom. The second-order valence-electron chi connectivity index (χ2n) is 7.71. The van der Waals surface area contributed by atoms with E-state index in [-0.39, 0.29) is 11.8 Å². The van der Waals surface area contributed by atoms with Gasteiger partial charge in [-0.3, -0.25) is 30.3 Å². The van der Waals surface area contributed by atoms with Crippen molar-refractivity contribution in [1.29, 1.82) is 0 Å². The summed E-state index contributed by atoms with van der Waals surface area (Å²) in [7, 11) is 0. The van der Waals surface area contributed by atoms with Gasteiger partial charge in [-0.25, -0.2) is 0 Å². The summed E-state index contributed by atoms with van der Waals surface area (Å²) in [6, 6.07) is 20.0. The van der Waals surface area contributed by atoms with Gasteiger partial charge < -0.3 is 4.90 Å². The third-order valence-electron chi connectivity index (χ3n) is 5.55. The molecule has 2 amide bonds. The Balaban J connectivity index is 1.17. The highest BCUT2D eigenvalue weighted by atomic mass is 16.2. The number of rotatable bonds is 6. The van der Waals surface area contributed by atoms with Crippen LogP contribution in [0, 0.1) is 0 Å². The number of hydrazine groups is 1. The number of pyridine rings is 1. The Bertz CT molecular complexity index is 1090. The predicted molar refractivity (Wildman–Crippen MR) is 127 cm³/mol. The van der Waals surface area contributed by atoms with Crippen molar-refractivity contribution in [2.75, 3.05) is 37.6 Å². The monoisotopic (exact) mass is 429 g/mol. The molecule has 0 bridgehead atoms. The summed E-state index contributed by atoms with van der Waals surface area (Å²) < 4.78 is 0. The van der Waals surface area contributed by atoms with Crippen molar-refractivity contribution in [3.05, 3.63) is 78.5 Å². The molecule has 1 saturated heterocycles. The molecule has 0 atom stereocenters. The number of fused-ring (bicyclic) bond motifs is 1. The quantitative estimate of drug-likeness (QED) is 0.465. The van der Waals surface area contributed by atoms with Crippen LogP contribution < -0.4 is 15.8 Å². The van der Waals surface area contributed by atoms with Crippen molar-refractivity contribution in [3.8, 4) is 0 Å². The van der Waals surface area contributed by atoms with Gasteiger partial charge in [-0.05, 0) is 24.3 Å². The highest BCUT2D eigenvalue weighted by Gasteiger charge is 2.17. The first-order valence-electron chi connectivity index (χ1n) is 10.8. The first-order valence-corrected chi connectivity index (χ1v) is 10.8. The number of piperazine rings is 1. The molecule has 1 fully saturated rings. The maximum absolute atomic E-state index is 12.1. The zero-order valence-electron chi connectivity index (χ0n) is 17.9. The molecule has 0 saturated carbocycles. The molecule has 7 heteroatoms. The van der Waals surface area contributed by atoms with Crippen molar-refractivity contribution in [2.24, 2.45) is 0 Å². The van der Waals surface area contributed by atoms with Gasteiger partial charge >= 0.3 is 0 Å². The molecule has 0 aliphatic carbocycles. The Morgan fingerprint density at radius 1 is 0.906 bits per heavy atom. The molecular weight excluding hydrogens is 402 g/mol. The number of nitrogens with one attached hydrogen (secondary N) is 2. The number of anilines is 1. The van der Waals surface area contributed by atoms with Gasteiger partial charge in [-0.2, -0.15) is 0 Å². The number of para-hydroxylation sites is 2. The second-order valence-corrected chi connectivity index (χ2v) is 7.71. The lowest BCUT2D eigenvalue weighted by Crippen LogP contribution is -2.48. The molecule has 7 nitrogen and oxygen atoms in total. The summed E-state index contributed by atoms with van der Waals surface area (Å²) in [4.78, 5) is 33.2. The van der Waals surface area contributed by atoms with E-state index >= 15 is 0 Å². The molecule has 1 aliphatic heterocycles. The molecule has 3 aromatic rings. The zero-order valence-corrected chi connectivity index (χ0v) is 17.9. The van der Waals surface area contributed by atoms with Crippen LogP contribution in [0.4, 0.5) is 5.69 Å². The van der Waals surface area contributed by atoms with Crippen LogP contribution in [-0.2, 0) is 9.59 Å². The first-order chi connectivity index (χ1) is 15.7. The lowest BCUT2D eigenvalue weighted by atomic mass is 10.1. The fraction of sp³-hybridized carbons (Fsp3) is 0.240. The van der Waals surface area contributed by atoms with Crippen molar-refractivity contribution in [1.82, 2.24) is 20.7 Å². The van der Waals surface area contributed by atoms with Crippen molar-refractivity contribution >= 4 is 34.5 Å². The molecule has 32 heavy (non-hydrogen) atoms. The summed E-state index contributed by atoms with van der Waals surface area (Å²) in [6.07, 6.45) is 5.15. The molecule has 1 aliphatic rings. The Hall–Kier alpha value is -3.71. The van der Waals surface area contributed by atoms with Crippen LogP contribution in [-0.4, -0.2) is 54.4 Å². The molecule has 164 valence electrons. The first kappa shape index (κ1) is 21.5. The number of benzene rings is 2. The van der Waals surface area contributed by atoms with Crippen LogP contribution in [0.1, 0.15) is 12.0 Å². The van der Waals surface area contributed by atoms with E-state index in [2.05, 4.69) is 49.9 Å². The van der Waals surface area contributed by atoms with E-state index in [9.17, 15) is 9.59 Å². The standard InChI is InChI=1S/C25H27N5O2/c31-23(12-11-21-7-4-6-20-8-5-14-26-25(20)21)27-28-24(32)13-15-29-16-18-30(19-17-29)22-9-2-1-3-10-22/h1-12,14H,13,15-19H2,(H,27,31)(H,28,32)/b12-11+. The number of amides is 2. The minimum Gasteiger partial charge on any atom is -0.369 e. The zero-order chi connectivity index (χ0) is 22.2. The van der Waals surface area contributed by atoms with Gasteiger partial charge in [0.25, 0.3) is 5.91 Å². The molecule has 2 N–H and O–H groups in total. The summed E-state index contributed by atoms with van der Waals surface area (Å²) in [5, 5.41) is 1.01. The van der Waals surface area contributed by atoms with Crippen LogP contribution in [0.5, 0.6) is 0 Å². The number of aromatic nitrogens is 1. The van der Waals surface area contributed by atoms with Crippen LogP contribution in [0.2, 0.25) is 0 Å². The summed E-state index contributed by atoms with van der Waals surface area (Å²) >= 11 is 0. The van der Waals surface area contributed by atoms with Crippen LogP contribution >= 0.6 is 0 Å². The highest BCUT2D eigenvalue weighted by molar-refractivity contribution is 5.96. The van der Waals surface area contributed by atoms with E-state index < -0.39 is 0 Å². The molecule has 2 heterocycles. The molecule has 0 spiro atoms. The van der Waals surface area contributed by atoms with Gasteiger partial charge in [0.05, 0.1) is 5.52 Å². The number of hydrogen-bond acceptors (Lipinski definition) is 5. The third kappa shape index (κ3) is 5.70. The van der Waals surface area contributed by atoms with Gasteiger partial charge in [-0.15, -0.1) is 0 Å². The number of carbonyl (C=O) groups is 2. The topological polar surface area (TPSA) is 77.6 Å². The number of nitrogens with zero attached hydrogens (tertiary/aromatic N) is 3. The molecule has 4 rings (SSSR count). The smallest absolute Gasteiger partial charge is 0.262 e. The van der Waals surface area contributed by atoms with E-state index in [1.807, 2.05) is 36.4 Å². The number of carbonyl (C=O) groups excluding carboxylic acids is 2. The molecular formula is C25H27N5O2. The largest absolute Gasteiger partial charge is 0.369 e. The van der Waals surface area contributed by atoms with Crippen molar-refractivity contribution < 1.29 is 9.59 Å². The minimum atomic E-state index is -0.386. The van der Waals surface area contributed by atoms with E-state index in [4.69, 9.17) is 0 Å². The predicted octanol–water partition coefficient (Wildman–Crippen LogP) is 2.61. The van der Waals surface area contributed by atoms with Gasteiger partial charge in [0.1, 0.15) is 0 Å². The van der Waals surface area contributed by atoms with Crippen molar-refractivity contribution in [2.45, 2.75) is 6.42 Å². The van der Waals surface area contributed by atoms with E-state index in [1.165, 1.54) is 11.8 Å². The summed E-state index contributed by atoms with van der Waals surface area (Å²) in [6.45, 7) is 4.38. The normalized spacial score (nSPS) is 14.6. The van der Waals surface area contributed by atoms with Crippen LogP contribution in [0.25, 0.3) is 17.0 Å². The maximum atomic E-state index is 12.1. The van der Waals surface area contributed by atoms with Crippen LogP contribution in [0.15, 0.2) is 72.9 Å². The average molecular weight is 430 g/mol.